The van der Waals surface area contributed by atoms with E-state index in [9.17, 15) is 0 Å². The Balaban J connectivity index is 2.23. The minimum Gasteiger partial charge on any atom is -0.492 e. The number of rotatable bonds is 8. The third-order valence-corrected chi connectivity index (χ3v) is 3.18. The number of hydrogen-bond donors (Lipinski definition) is 1. The fourth-order valence-electron chi connectivity index (χ4n) is 2.17. The smallest absolute Gasteiger partial charge is 0.137 e. The zero-order chi connectivity index (χ0) is 15.1. The molecule has 0 aromatic carbocycles. The number of aromatic nitrogens is 1. The number of ether oxygens (including phenoxy) is 1. The third-order valence-electron chi connectivity index (χ3n) is 3.18. The lowest BCUT2D eigenvalue weighted by molar-refractivity contribution is 0.315. The quantitative estimate of drug-likeness (QED) is 0.801. The molecule has 0 saturated heterocycles. The monoisotopic (exact) mass is 288 g/mol. The fraction of sp³-hybridized carbons (Fsp3) is 0.471. The van der Waals surface area contributed by atoms with E-state index in [-0.39, 0.29) is 6.04 Å². The molecule has 1 atom stereocenters. The van der Waals surface area contributed by atoms with Crippen molar-refractivity contribution in [3.63, 3.8) is 0 Å². The standard InChI is InChI=1S/C17H24N2O2/c1-4-8-19-17(16-7-6-13(3)21-16)14-10-15(12-18-11-14)20-9-5-2/h6-7,10-12,17,19H,4-5,8-9H2,1-3H3. The lowest BCUT2D eigenvalue weighted by Gasteiger charge is -2.17. The van der Waals surface area contributed by atoms with Crippen molar-refractivity contribution in [2.45, 2.75) is 39.7 Å². The van der Waals surface area contributed by atoms with Gasteiger partial charge in [0.05, 0.1) is 18.8 Å². The number of furan rings is 1. The first-order valence-corrected chi connectivity index (χ1v) is 7.62. The van der Waals surface area contributed by atoms with E-state index < -0.39 is 0 Å². The highest BCUT2D eigenvalue weighted by molar-refractivity contribution is 5.31. The summed E-state index contributed by atoms with van der Waals surface area (Å²) in [4.78, 5) is 4.29. The molecule has 0 spiro atoms. The van der Waals surface area contributed by atoms with E-state index in [1.54, 1.807) is 6.20 Å². The van der Waals surface area contributed by atoms with Crippen molar-refractivity contribution >= 4 is 0 Å². The fourth-order valence-corrected chi connectivity index (χ4v) is 2.17. The normalized spacial score (nSPS) is 12.3. The summed E-state index contributed by atoms with van der Waals surface area (Å²) in [5.74, 6) is 2.64. The molecule has 0 aliphatic carbocycles. The Hall–Kier alpha value is -1.81. The molecular weight excluding hydrogens is 264 g/mol. The number of nitrogens with one attached hydrogen (secondary N) is 1. The number of pyridine rings is 1. The Morgan fingerprint density at radius 3 is 2.76 bits per heavy atom. The van der Waals surface area contributed by atoms with Crippen LogP contribution in [0.3, 0.4) is 0 Å². The van der Waals surface area contributed by atoms with E-state index in [0.717, 1.165) is 42.2 Å². The first kappa shape index (κ1) is 15.6. The molecule has 0 aliphatic rings. The summed E-state index contributed by atoms with van der Waals surface area (Å²) in [6, 6.07) is 6.05. The molecule has 2 heterocycles. The Kier molecular flexibility index (Phi) is 5.81. The molecule has 0 fully saturated rings. The second-order valence-corrected chi connectivity index (χ2v) is 5.14. The highest BCUT2D eigenvalue weighted by atomic mass is 16.5. The molecule has 4 nitrogen and oxygen atoms in total. The van der Waals surface area contributed by atoms with E-state index in [2.05, 4.69) is 24.1 Å². The maximum absolute atomic E-state index is 5.79. The molecule has 2 aromatic rings. The Labute approximate surface area is 126 Å². The van der Waals surface area contributed by atoms with Gasteiger partial charge >= 0.3 is 0 Å². The van der Waals surface area contributed by atoms with Gasteiger partial charge in [-0.25, -0.2) is 0 Å². The first-order chi connectivity index (χ1) is 10.2. The maximum Gasteiger partial charge on any atom is 0.137 e. The van der Waals surface area contributed by atoms with Crippen LogP contribution in [0.4, 0.5) is 0 Å². The van der Waals surface area contributed by atoms with Crippen molar-refractivity contribution in [3.8, 4) is 5.75 Å². The summed E-state index contributed by atoms with van der Waals surface area (Å²) >= 11 is 0. The van der Waals surface area contributed by atoms with Crippen LogP contribution in [0.1, 0.15) is 49.8 Å². The molecule has 1 N–H and O–H groups in total. The maximum atomic E-state index is 5.79. The molecular formula is C17H24N2O2. The zero-order valence-corrected chi connectivity index (χ0v) is 13.1. The van der Waals surface area contributed by atoms with Gasteiger partial charge < -0.3 is 14.5 Å². The largest absolute Gasteiger partial charge is 0.492 e. The van der Waals surface area contributed by atoms with E-state index >= 15 is 0 Å². The van der Waals surface area contributed by atoms with Gasteiger partial charge in [0.15, 0.2) is 0 Å². The zero-order valence-electron chi connectivity index (χ0n) is 13.1. The van der Waals surface area contributed by atoms with Crippen molar-refractivity contribution in [1.82, 2.24) is 10.3 Å². The lowest BCUT2D eigenvalue weighted by atomic mass is 10.1. The van der Waals surface area contributed by atoms with Crippen LogP contribution in [-0.2, 0) is 0 Å². The van der Waals surface area contributed by atoms with Gasteiger partial charge in [0.1, 0.15) is 17.3 Å². The van der Waals surface area contributed by atoms with Gasteiger partial charge in [-0.05, 0) is 50.1 Å². The van der Waals surface area contributed by atoms with Gasteiger partial charge in [-0.2, -0.15) is 0 Å². The molecule has 1 unspecified atom stereocenters. The second-order valence-electron chi connectivity index (χ2n) is 5.14. The second kappa shape index (κ2) is 7.84. The van der Waals surface area contributed by atoms with Crippen LogP contribution in [0.2, 0.25) is 0 Å². The molecule has 0 amide bonds. The predicted molar refractivity (Wildman–Crippen MR) is 83.6 cm³/mol. The van der Waals surface area contributed by atoms with Crippen LogP contribution in [0.5, 0.6) is 5.75 Å². The summed E-state index contributed by atoms with van der Waals surface area (Å²) < 4.78 is 11.5. The molecule has 0 bridgehead atoms. The van der Waals surface area contributed by atoms with Crippen LogP contribution in [0.15, 0.2) is 35.0 Å². The van der Waals surface area contributed by atoms with Gasteiger partial charge in [-0.1, -0.05) is 13.8 Å². The van der Waals surface area contributed by atoms with Crippen molar-refractivity contribution in [2.75, 3.05) is 13.2 Å². The average Bonchev–Trinajstić information content (AvgIpc) is 2.92. The minimum absolute atomic E-state index is 0.0105. The first-order valence-electron chi connectivity index (χ1n) is 7.62. The van der Waals surface area contributed by atoms with Gasteiger partial charge in [0.25, 0.3) is 0 Å². The van der Waals surface area contributed by atoms with Crippen LogP contribution in [-0.4, -0.2) is 18.1 Å². The van der Waals surface area contributed by atoms with Gasteiger partial charge in [-0.3, -0.25) is 4.98 Å². The number of aryl methyl sites for hydroxylation is 1. The van der Waals surface area contributed by atoms with E-state index in [0.29, 0.717) is 6.61 Å². The summed E-state index contributed by atoms with van der Waals surface area (Å²) in [5.41, 5.74) is 1.06. The number of hydrogen-bond acceptors (Lipinski definition) is 4. The van der Waals surface area contributed by atoms with Crippen LogP contribution in [0.25, 0.3) is 0 Å². The van der Waals surface area contributed by atoms with Crippen molar-refractivity contribution < 1.29 is 9.15 Å². The Morgan fingerprint density at radius 1 is 1.24 bits per heavy atom. The SMILES string of the molecule is CCCNC(c1cncc(OCCC)c1)c1ccc(C)o1. The molecule has 21 heavy (non-hydrogen) atoms. The highest BCUT2D eigenvalue weighted by Gasteiger charge is 2.17. The predicted octanol–water partition coefficient (Wildman–Crippen LogP) is 3.86. The summed E-state index contributed by atoms with van der Waals surface area (Å²) in [6.07, 6.45) is 5.67. The molecule has 2 aromatic heterocycles. The average molecular weight is 288 g/mol. The third kappa shape index (κ3) is 4.33. The summed E-state index contributed by atoms with van der Waals surface area (Å²) in [5, 5.41) is 3.51. The molecule has 0 radical (unpaired) electrons. The highest BCUT2D eigenvalue weighted by Crippen LogP contribution is 2.26. The van der Waals surface area contributed by atoms with Crippen molar-refractivity contribution in [3.05, 3.63) is 47.7 Å². The van der Waals surface area contributed by atoms with E-state index in [1.807, 2.05) is 31.3 Å². The molecule has 4 heteroatoms. The van der Waals surface area contributed by atoms with Crippen LogP contribution in [0, 0.1) is 6.92 Å². The van der Waals surface area contributed by atoms with E-state index in [4.69, 9.17) is 9.15 Å². The molecule has 0 aliphatic heterocycles. The van der Waals surface area contributed by atoms with Crippen LogP contribution >= 0.6 is 0 Å². The molecule has 0 saturated carbocycles. The van der Waals surface area contributed by atoms with Gasteiger partial charge in [-0.15, -0.1) is 0 Å². The summed E-state index contributed by atoms with van der Waals surface area (Å²) in [6.45, 7) is 7.83. The molecule has 2 rings (SSSR count). The van der Waals surface area contributed by atoms with Crippen molar-refractivity contribution in [1.29, 1.82) is 0 Å². The lowest BCUT2D eigenvalue weighted by Crippen LogP contribution is -2.23. The topological polar surface area (TPSA) is 47.3 Å². The minimum atomic E-state index is 0.0105. The number of nitrogens with zero attached hydrogens (tertiary/aromatic N) is 1. The Bertz CT molecular complexity index is 551. The van der Waals surface area contributed by atoms with Gasteiger partial charge in [0.2, 0.25) is 0 Å². The van der Waals surface area contributed by atoms with Gasteiger partial charge in [0, 0.05) is 6.20 Å². The molecule has 114 valence electrons. The van der Waals surface area contributed by atoms with E-state index in [1.165, 1.54) is 0 Å². The summed E-state index contributed by atoms with van der Waals surface area (Å²) in [7, 11) is 0. The Morgan fingerprint density at radius 2 is 2.10 bits per heavy atom. The van der Waals surface area contributed by atoms with Crippen molar-refractivity contribution in [2.24, 2.45) is 0 Å². The van der Waals surface area contributed by atoms with Crippen LogP contribution < -0.4 is 10.1 Å².